The van der Waals surface area contributed by atoms with Crippen LogP contribution in [0.25, 0.3) is 0 Å². The van der Waals surface area contributed by atoms with Crippen molar-refractivity contribution >= 4 is 11.6 Å². The van der Waals surface area contributed by atoms with Crippen LogP contribution >= 0.6 is 0 Å². The van der Waals surface area contributed by atoms with Crippen LogP contribution in [-0.4, -0.2) is 17.7 Å². The Morgan fingerprint density at radius 2 is 1.89 bits per heavy atom. The molecule has 1 aliphatic heterocycles. The highest BCUT2D eigenvalue weighted by molar-refractivity contribution is 5.96. The zero-order valence-electron chi connectivity index (χ0n) is 14.4. The minimum atomic E-state index is -0.508. The molecule has 4 rings (SSSR count). The number of halogens is 1. The predicted octanol–water partition coefficient (Wildman–Crippen LogP) is 3.91. The van der Waals surface area contributed by atoms with Crippen molar-refractivity contribution in [3.8, 4) is 11.5 Å². The minimum absolute atomic E-state index is 0.171. The average molecular weight is 364 g/mol. The average Bonchev–Trinajstić information content (AvgIpc) is 3.15. The molecule has 2 aromatic carbocycles. The van der Waals surface area contributed by atoms with Crippen molar-refractivity contribution in [2.24, 2.45) is 0 Å². The summed E-state index contributed by atoms with van der Waals surface area (Å²) in [5, 5.41) is 2.91. The predicted molar refractivity (Wildman–Crippen MR) is 98.3 cm³/mol. The van der Waals surface area contributed by atoms with Gasteiger partial charge in [0.05, 0.1) is 5.92 Å². The van der Waals surface area contributed by atoms with Gasteiger partial charge in [-0.25, -0.2) is 4.39 Å². The Balaban J connectivity index is 1.59. The Bertz CT molecular complexity index is 945. The van der Waals surface area contributed by atoms with Gasteiger partial charge in [-0.15, -0.1) is 0 Å². The highest BCUT2D eigenvalue weighted by atomic mass is 19.1. The Kier molecular flexibility index (Phi) is 4.70. The van der Waals surface area contributed by atoms with E-state index in [1.807, 2.05) is 18.2 Å². The number of carbonyl (C=O) groups is 1. The van der Waals surface area contributed by atoms with Gasteiger partial charge in [0, 0.05) is 30.1 Å². The number of benzene rings is 2. The fourth-order valence-electron chi connectivity index (χ4n) is 2.99. The molecule has 1 N–H and O–H groups in total. The molecule has 2 heterocycles. The number of hydrogen-bond donors (Lipinski definition) is 1. The fourth-order valence-corrected chi connectivity index (χ4v) is 2.99. The number of hydrogen-bond acceptors (Lipinski definition) is 4. The first-order valence-corrected chi connectivity index (χ1v) is 8.55. The zero-order valence-corrected chi connectivity index (χ0v) is 14.4. The van der Waals surface area contributed by atoms with E-state index in [0.717, 1.165) is 11.3 Å². The number of pyridine rings is 1. The molecule has 1 unspecified atom stereocenters. The van der Waals surface area contributed by atoms with Gasteiger partial charge in [-0.05, 0) is 42.0 Å². The van der Waals surface area contributed by atoms with Crippen LogP contribution < -0.4 is 14.8 Å². The maximum Gasteiger partial charge on any atom is 0.232 e. The monoisotopic (exact) mass is 364 g/mol. The number of nitrogens with zero attached hydrogens (tertiary/aromatic N) is 1. The Morgan fingerprint density at radius 1 is 1.07 bits per heavy atom. The Hall–Kier alpha value is -3.41. The van der Waals surface area contributed by atoms with Gasteiger partial charge in [-0.3, -0.25) is 9.78 Å². The van der Waals surface area contributed by atoms with Crippen molar-refractivity contribution in [3.63, 3.8) is 0 Å². The quantitative estimate of drug-likeness (QED) is 0.746. The van der Waals surface area contributed by atoms with Crippen LogP contribution in [0.4, 0.5) is 10.1 Å². The largest absolute Gasteiger partial charge is 0.454 e. The molecule has 5 nitrogen and oxygen atoms in total. The summed E-state index contributed by atoms with van der Waals surface area (Å²) in [6.45, 7) is 0.171. The van der Waals surface area contributed by atoms with Gasteiger partial charge in [0.1, 0.15) is 5.82 Å². The van der Waals surface area contributed by atoms with Crippen molar-refractivity contribution < 1.29 is 18.7 Å². The molecule has 136 valence electrons. The van der Waals surface area contributed by atoms with Gasteiger partial charge in [0.25, 0.3) is 0 Å². The minimum Gasteiger partial charge on any atom is -0.454 e. The van der Waals surface area contributed by atoms with E-state index < -0.39 is 5.92 Å². The van der Waals surface area contributed by atoms with E-state index in [0.29, 0.717) is 23.6 Å². The third kappa shape index (κ3) is 3.89. The summed E-state index contributed by atoms with van der Waals surface area (Å²) in [7, 11) is 0. The molecule has 3 aromatic rings. The molecule has 0 aliphatic carbocycles. The second-order valence-corrected chi connectivity index (χ2v) is 6.19. The third-order valence-corrected chi connectivity index (χ3v) is 4.37. The third-order valence-electron chi connectivity index (χ3n) is 4.37. The van der Waals surface area contributed by atoms with Crippen molar-refractivity contribution in [1.29, 1.82) is 0 Å². The SMILES string of the molecule is O=C(Nc1ccc2c(c1)OCO2)C(Cc1ccccn1)c1ccc(F)cc1. The maximum absolute atomic E-state index is 13.3. The molecule has 0 saturated heterocycles. The molecule has 0 saturated carbocycles. The lowest BCUT2D eigenvalue weighted by Gasteiger charge is -2.17. The van der Waals surface area contributed by atoms with E-state index in [1.54, 1.807) is 36.5 Å². The number of anilines is 1. The second-order valence-electron chi connectivity index (χ2n) is 6.19. The van der Waals surface area contributed by atoms with Crippen molar-refractivity contribution in [1.82, 2.24) is 4.98 Å². The molecule has 1 aliphatic rings. The van der Waals surface area contributed by atoms with Crippen LogP contribution in [0.3, 0.4) is 0 Å². The molecule has 27 heavy (non-hydrogen) atoms. The number of rotatable bonds is 5. The number of carbonyl (C=O) groups excluding carboxylic acids is 1. The van der Waals surface area contributed by atoms with E-state index in [2.05, 4.69) is 10.3 Å². The van der Waals surface area contributed by atoms with Gasteiger partial charge in [0.15, 0.2) is 11.5 Å². The normalized spacial score (nSPS) is 13.2. The molecule has 0 fully saturated rings. The lowest BCUT2D eigenvalue weighted by atomic mass is 9.93. The van der Waals surface area contributed by atoms with Gasteiger partial charge in [-0.1, -0.05) is 18.2 Å². The molecule has 1 amide bonds. The number of amides is 1. The van der Waals surface area contributed by atoms with Gasteiger partial charge >= 0.3 is 0 Å². The molecular formula is C21H17FN2O3. The van der Waals surface area contributed by atoms with Crippen LogP contribution in [0.15, 0.2) is 66.9 Å². The molecule has 6 heteroatoms. The fraction of sp³-hybridized carbons (Fsp3) is 0.143. The van der Waals surface area contributed by atoms with Gasteiger partial charge < -0.3 is 14.8 Å². The lowest BCUT2D eigenvalue weighted by molar-refractivity contribution is -0.117. The first-order chi connectivity index (χ1) is 13.2. The Morgan fingerprint density at radius 3 is 2.67 bits per heavy atom. The van der Waals surface area contributed by atoms with Gasteiger partial charge in [0.2, 0.25) is 12.7 Å². The van der Waals surface area contributed by atoms with Crippen molar-refractivity contribution in [2.45, 2.75) is 12.3 Å². The van der Waals surface area contributed by atoms with Crippen LogP contribution in [0.2, 0.25) is 0 Å². The van der Waals surface area contributed by atoms with E-state index in [-0.39, 0.29) is 18.5 Å². The molecule has 1 atom stereocenters. The van der Waals surface area contributed by atoms with E-state index in [9.17, 15) is 9.18 Å². The highest BCUT2D eigenvalue weighted by Crippen LogP contribution is 2.34. The smallest absolute Gasteiger partial charge is 0.232 e. The molecule has 1 aromatic heterocycles. The van der Waals surface area contributed by atoms with Crippen molar-refractivity contribution in [3.05, 3.63) is 83.9 Å². The summed E-state index contributed by atoms with van der Waals surface area (Å²) in [5.41, 5.74) is 2.12. The maximum atomic E-state index is 13.3. The summed E-state index contributed by atoms with van der Waals surface area (Å²) in [6.07, 6.45) is 2.09. The Labute approximate surface area is 155 Å². The number of nitrogens with one attached hydrogen (secondary N) is 1. The number of fused-ring (bicyclic) bond motifs is 1. The zero-order chi connectivity index (χ0) is 18.6. The van der Waals surface area contributed by atoms with Gasteiger partial charge in [-0.2, -0.15) is 0 Å². The molecular weight excluding hydrogens is 347 g/mol. The topological polar surface area (TPSA) is 60.5 Å². The van der Waals surface area contributed by atoms with E-state index in [1.165, 1.54) is 12.1 Å². The number of ether oxygens (including phenoxy) is 2. The highest BCUT2D eigenvalue weighted by Gasteiger charge is 2.23. The summed E-state index contributed by atoms with van der Waals surface area (Å²) in [5.74, 6) is 0.191. The first kappa shape index (κ1) is 17.0. The van der Waals surface area contributed by atoms with Crippen LogP contribution in [0.1, 0.15) is 17.2 Å². The lowest BCUT2D eigenvalue weighted by Crippen LogP contribution is -2.23. The van der Waals surface area contributed by atoms with Crippen LogP contribution in [0, 0.1) is 5.82 Å². The van der Waals surface area contributed by atoms with Crippen molar-refractivity contribution in [2.75, 3.05) is 12.1 Å². The summed E-state index contributed by atoms with van der Waals surface area (Å²) in [4.78, 5) is 17.3. The summed E-state index contributed by atoms with van der Waals surface area (Å²) in [6, 6.07) is 16.8. The first-order valence-electron chi connectivity index (χ1n) is 8.55. The molecule has 0 radical (unpaired) electrons. The van der Waals surface area contributed by atoms with Crippen LogP contribution in [0.5, 0.6) is 11.5 Å². The van der Waals surface area contributed by atoms with E-state index >= 15 is 0 Å². The molecule has 0 spiro atoms. The molecule has 0 bridgehead atoms. The van der Waals surface area contributed by atoms with Crippen LogP contribution in [-0.2, 0) is 11.2 Å². The second kappa shape index (κ2) is 7.45. The van der Waals surface area contributed by atoms with E-state index in [4.69, 9.17) is 9.47 Å². The summed E-state index contributed by atoms with van der Waals surface area (Å²) >= 11 is 0. The number of aromatic nitrogens is 1. The summed E-state index contributed by atoms with van der Waals surface area (Å²) < 4.78 is 23.9. The standard InChI is InChI=1S/C21H17FN2O3/c22-15-6-4-14(5-7-15)18(11-16-3-1-2-10-23-16)21(25)24-17-8-9-19-20(12-17)27-13-26-19/h1-10,12,18H,11,13H2,(H,24,25).